The van der Waals surface area contributed by atoms with Crippen LogP contribution in [-0.2, 0) is 4.94 Å². The molecule has 0 fully saturated rings. The number of nitrogens with two attached hydrogens (primary N) is 2. The lowest BCUT2D eigenvalue weighted by molar-refractivity contribution is -0.0112. The Labute approximate surface area is 42.7 Å². The van der Waals surface area contributed by atoms with Gasteiger partial charge in [0.1, 0.15) is 0 Å². The van der Waals surface area contributed by atoms with Gasteiger partial charge in [-0.3, -0.25) is 0 Å². The zero-order chi connectivity index (χ0) is 5.91. The van der Waals surface area contributed by atoms with Crippen molar-refractivity contribution in [2.75, 3.05) is 0 Å². The van der Waals surface area contributed by atoms with E-state index in [1.165, 1.54) is 0 Å². The second kappa shape index (κ2) is 2.23. The van der Waals surface area contributed by atoms with Gasteiger partial charge in [-0.15, -0.1) is 0 Å². The lowest BCUT2D eigenvalue weighted by Gasteiger charge is -2.16. The molecule has 4 nitrogen and oxygen atoms in total. The molecule has 7 heavy (non-hydrogen) atoms. The predicted octanol–water partition coefficient (Wildman–Crippen LogP) is -0.924. The van der Waals surface area contributed by atoms with Crippen molar-refractivity contribution in [1.29, 1.82) is 0 Å². The fourth-order valence-corrected chi connectivity index (χ4v) is 0.152. The average molecular weight is 105 g/mol. The summed E-state index contributed by atoms with van der Waals surface area (Å²) in [6.45, 7) is 3.47. The van der Waals surface area contributed by atoms with Crippen molar-refractivity contribution in [3.8, 4) is 0 Å². The summed E-state index contributed by atoms with van der Waals surface area (Å²) in [5.41, 5.74) is 7.12. The molecule has 0 radical (unpaired) electrons. The molecule has 0 atom stereocenters. The Balaban J connectivity index is 3.15. The number of nitrogens with one attached hydrogen (secondary N) is 1. The van der Waals surface area contributed by atoms with E-state index in [0.29, 0.717) is 0 Å². The second-order valence-corrected chi connectivity index (χ2v) is 1.94. The van der Waals surface area contributed by atoms with Gasteiger partial charge in [-0.2, -0.15) is 11.4 Å². The summed E-state index contributed by atoms with van der Waals surface area (Å²) in [5.74, 6) is 4.62. The molecule has 5 N–H and O–H groups in total. The third-order valence-corrected chi connectivity index (χ3v) is 0.322. The monoisotopic (exact) mass is 105 g/mol. The second-order valence-electron chi connectivity index (χ2n) is 1.94. The van der Waals surface area contributed by atoms with E-state index in [4.69, 9.17) is 5.73 Å². The molecule has 0 saturated heterocycles. The van der Waals surface area contributed by atoms with Crippen LogP contribution in [0, 0.1) is 0 Å². The molecule has 0 aliphatic heterocycles. The van der Waals surface area contributed by atoms with E-state index >= 15 is 0 Å². The van der Waals surface area contributed by atoms with Crippen molar-refractivity contribution >= 4 is 0 Å². The van der Waals surface area contributed by atoms with Crippen molar-refractivity contribution in [2.45, 2.75) is 19.5 Å². The van der Waals surface area contributed by atoms with Crippen molar-refractivity contribution in [3.63, 3.8) is 0 Å². The molecule has 0 aliphatic rings. The van der Waals surface area contributed by atoms with Crippen LogP contribution in [0.3, 0.4) is 0 Å². The number of hydrogen-bond acceptors (Lipinski definition) is 4. The molecule has 4 heteroatoms. The summed E-state index contributed by atoms with van der Waals surface area (Å²) in [4.78, 5) is 4.03. The molecule has 0 aromatic carbocycles. The van der Waals surface area contributed by atoms with Gasteiger partial charge in [-0.1, -0.05) is 0 Å². The highest BCUT2D eigenvalue weighted by atomic mass is 16.8. The largest absolute Gasteiger partial charge is 0.312 e. The molecule has 44 valence electrons. The molecule has 0 bridgehead atoms. The summed E-state index contributed by atoms with van der Waals surface area (Å²) in [6.07, 6.45) is 0. The molecule has 0 aromatic rings. The minimum absolute atomic E-state index is 0.547. The van der Waals surface area contributed by atoms with Gasteiger partial charge in [0.25, 0.3) is 0 Å². The third-order valence-electron chi connectivity index (χ3n) is 0.322. The van der Waals surface area contributed by atoms with Crippen molar-refractivity contribution in [1.82, 2.24) is 5.48 Å². The Morgan fingerprint density at radius 1 is 1.57 bits per heavy atom. The normalized spacial score (nSPS) is 12.0. The van der Waals surface area contributed by atoms with Gasteiger partial charge in [0, 0.05) is 0 Å². The minimum atomic E-state index is -0.547. The molecule has 0 unspecified atom stereocenters. The third kappa shape index (κ3) is 5.84. The fourth-order valence-electron chi connectivity index (χ4n) is 0.152. The van der Waals surface area contributed by atoms with E-state index in [2.05, 4.69) is 16.3 Å². The number of hydroxylamine groups is 1. The highest BCUT2D eigenvalue weighted by Crippen LogP contribution is 1.85. The van der Waals surface area contributed by atoms with Crippen LogP contribution in [0.2, 0.25) is 0 Å². The van der Waals surface area contributed by atoms with Gasteiger partial charge < -0.3 is 5.73 Å². The first-order valence-electron chi connectivity index (χ1n) is 1.98. The van der Waals surface area contributed by atoms with E-state index < -0.39 is 5.66 Å². The maximum atomic E-state index is 5.33. The van der Waals surface area contributed by atoms with Crippen LogP contribution in [0.4, 0.5) is 0 Å². The SMILES string of the molecule is CC(C)(N)NON. The van der Waals surface area contributed by atoms with Crippen LogP contribution >= 0.6 is 0 Å². The molecular weight excluding hydrogens is 94.1 g/mol. The predicted molar refractivity (Wildman–Crippen MR) is 26.7 cm³/mol. The first-order chi connectivity index (χ1) is 3.06. The van der Waals surface area contributed by atoms with Crippen LogP contribution in [-0.4, -0.2) is 5.66 Å². The van der Waals surface area contributed by atoms with Crippen LogP contribution in [0.25, 0.3) is 0 Å². The summed E-state index contributed by atoms with van der Waals surface area (Å²) in [6, 6.07) is 0. The fraction of sp³-hybridized carbons (Fsp3) is 1.00. The summed E-state index contributed by atoms with van der Waals surface area (Å²) in [7, 11) is 0. The van der Waals surface area contributed by atoms with Crippen molar-refractivity contribution in [2.24, 2.45) is 11.6 Å². The van der Waals surface area contributed by atoms with E-state index in [9.17, 15) is 0 Å². The van der Waals surface area contributed by atoms with E-state index in [0.717, 1.165) is 0 Å². The average Bonchev–Trinajstić information content (AvgIpc) is 1.30. The van der Waals surface area contributed by atoms with Crippen LogP contribution in [0.15, 0.2) is 0 Å². The van der Waals surface area contributed by atoms with Gasteiger partial charge in [0.05, 0.1) is 5.66 Å². The highest BCUT2D eigenvalue weighted by Gasteiger charge is 2.06. The zero-order valence-electron chi connectivity index (χ0n) is 4.56. The first kappa shape index (κ1) is 6.84. The maximum Gasteiger partial charge on any atom is 0.0859 e. The topological polar surface area (TPSA) is 73.3 Å². The van der Waals surface area contributed by atoms with Gasteiger partial charge in [0.15, 0.2) is 0 Å². The summed E-state index contributed by atoms with van der Waals surface area (Å²) >= 11 is 0. The van der Waals surface area contributed by atoms with E-state index in [1.807, 2.05) is 0 Å². The van der Waals surface area contributed by atoms with Crippen LogP contribution < -0.4 is 17.1 Å². The lowest BCUT2D eigenvalue weighted by atomic mass is 10.3. The molecule has 0 saturated carbocycles. The van der Waals surface area contributed by atoms with Gasteiger partial charge in [-0.25, -0.2) is 4.94 Å². The van der Waals surface area contributed by atoms with Gasteiger partial charge in [-0.05, 0) is 13.8 Å². The zero-order valence-corrected chi connectivity index (χ0v) is 4.56. The quantitative estimate of drug-likeness (QED) is 0.313. The van der Waals surface area contributed by atoms with E-state index in [-0.39, 0.29) is 0 Å². The van der Waals surface area contributed by atoms with Gasteiger partial charge >= 0.3 is 0 Å². The molecule has 0 heterocycles. The first-order valence-corrected chi connectivity index (χ1v) is 1.98. The molecule has 0 aromatic heterocycles. The maximum absolute atomic E-state index is 5.33. The molecule has 0 rings (SSSR count). The Morgan fingerprint density at radius 2 is 2.00 bits per heavy atom. The summed E-state index contributed by atoms with van der Waals surface area (Å²) in [5, 5.41) is 0. The highest BCUT2D eigenvalue weighted by molar-refractivity contribution is 4.60. The van der Waals surface area contributed by atoms with E-state index in [1.54, 1.807) is 13.8 Å². The van der Waals surface area contributed by atoms with Crippen molar-refractivity contribution in [3.05, 3.63) is 0 Å². The standard InChI is InChI=1S/C3H11N3O/c1-3(2,4)6-7-5/h6H,4-5H2,1-2H3. The van der Waals surface area contributed by atoms with Crippen LogP contribution in [0.5, 0.6) is 0 Å². The Hall–Kier alpha value is -0.160. The summed E-state index contributed by atoms with van der Waals surface area (Å²) < 4.78 is 0. The number of rotatable bonds is 2. The number of hydrogen-bond donors (Lipinski definition) is 3. The Morgan fingerprint density at radius 3 is 2.00 bits per heavy atom. The minimum Gasteiger partial charge on any atom is -0.312 e. The smallest absolute Gasteiger partial charge is 0.0859 e. The Kier molecular flexibility index (Phi) is 2.17. The lowest BCUT2D eigenvalue weighted by Crippen LogP contribution is -2.48. The molecule has 0 spiro atoms. The van der Waals surface area contributed by atoms with Crippen LogP contribution in [0.1, 0.15) is 13.8 Å². The Bertz CT molecular complexity index is 48.6. The molecular formula is C3H11N3O. The van der Waals surface area contributed by atoms with Gasteiger partial charge in [0.2, 0.25) is 0 Å². The van der Waals surface area contributed by atoms with Crippen molar-refractivity contribution < 1.29 is 4.94 Å². The molecule has 0 amide bonds. The molecule has 0 aliphatic carbocycles.